The van der Waals surface area contributed by atoms with Crippen LogP contribution in [0.1, 0.15) is 64.7 Å². The van der Waals surface area contributed by atoms with Crippen molar-refractivity contribution >= 4 is 5.97 Å². The molecule has 1 saturated carbocycles. The van der Waals surface area contributed by atoms with Gasteiger partial charge < -0.3 is 9.47 Å². The number of rotatable bonds is 1. The Bertz CT molecular complexity index is 390. The molecule has 0 bridgehead atoms. The summed E-state index contributed by atoms with van der Waals surface area (Å²) in [5.41, 5.74) is 0. The Balaban J connectivity index is 1.69. The molecule has 1 saturated heterocycles. The van der Waals surface area contributed by atoms with Gasteiger partial charge in [0.05, 0.1) is 12.2 Å². The van der Waals surface area contributed by atoms with Crippen LogP contribution >= 0.6 is 0 Å². The highest BCUT2D eigenvalue weighted by atomic mass is 16.6. The summed E-state index contributed by atoms with van der Waals surface area (Å²) in [6.45, 7) is 2.13. The molecule has 0 aromatic carbocycles. The SMILES string of the molecule is CCC1OC(=O)CCCCCCCC=CC2C1CC1OC12. The van der Waals surface area contributed by atoms with Gasteiger partial charge in [-0.05, 0) is 32.1 Å². The minimum Gasteiger partial charge on any atom is -0.462 e. The predicted molar refractivity (Wildman–Crippen MR) is 81.9 cm³/mol. The molecule has 0 aromatic heterocycles. The molecule has 0 radical (unpaired) electrons. The van der Waals surface area contributed by atoms with Gasteiger partial charge in [-0.1, -0.05) is 38.3 Å². The standard InChI is InChI=1S/C18H28O3/c1-2-15-14-12-16-18(21-16)13(14)10-8-6-4-3-5-7-9-11-17(19)20-15/h8,10,13-16,18H,2-7,9,11-12H2,1H3. The van der Waals surface area contributed by atoms with Crippen molar-refractivity contribution in [2.75, 3.05) is 0 Å². The lowest BCUT2D eigenvalue weighted by Gasteiger charge is -2.28. The van der Waals surface area contributed by atoms with E-state index in [0.717, 1.165) is 25.7 Å². The second-order valence-electron chi connectivity index (χ2n) is 6.79. The molecule has 1 aliphatic carbocycles. The minimum atomic E-state index is 0.00290. The largest absolute Gasteiger partial charge is 0.462 e. The third-order valence-electron chi connectivity index (χ3n) is 5.27. The lowest BCUT2D eigenvalue weighted by molar-refractivity contribution is -0.153. The maximum absolute atomic E-state index is 12.0. The van der Waals surface area contributed by atoms with Crippen LogP contribution in [0.15, 0.2) is 12.2 Å². The molecule has 2 fully saturated rings. The number of carbonyl (C=O) groups is 1. The van der Waals surface area contributed by atoms with Crippen molar-refractivity contribution < 1.29 is 14.3 Å². The number of epoxide rings is 1. The number of ether oxygens (including phenoxy) is 2. The van der Waals surface area contributed by atoms with Crippen molar-refractivity contribution in [3.63, 3.8) is 0 Å². The number of fused-ring (bicyclic) bond motifs is 3. The van der Waals surface area contributed by atoms with E-state index in [1.54, 1.807) is 0 Å². The van der Waals surface area contributed by atoms with Gasteiger partial charge in [-0.15, -0.1) is 0 Å². The zero-order valence-corrected chi connectivity index (χ0v) is 13.1. The van der Waals surface area contributed by atoms with Crippen LogP contribution in [-0.4, -0.2) is 24.3 Å². The summed E-state index contributed by atoms with van der Waals surface area (Å²) >= 11 is 0. The molecule has 2 heterocycles. The monoisotopic (exact) mass is 292 g/mol. The van der Waals surface area contributed by atoms with Crippen LogP contribution in [0.25, 0.3) is 0 Å². The lowest BCUT2D eigenvalue weighted by atomic mass is 9.87. The topological polar surface area (TPSA) is 38.8 Å². The van der Waals surface area contributed by atoms with Gasteiger partial charge in [0.15, 0.2) is 0 Å². The molecular formula is C18H28O3. The van der Waals surface area contributed by atoms with Crippen LogP contribution in [0.3, 0.4) is 0 Å². The second kappa shape index (κ2) is 6.95. The number of esters is 1. The summed E-state index contributed by atoms with van der Waals surface area (Å²) in [5, 5.41) is 0. The van der Waals surface area contributed by atoms with Crippen LogP contribution in [0.4, 0.5) is 0 Å². The Morgan fingerprint density at radius 1 is 1.19 bits per heavy atom. The van der Waals surface area contributed by atoms with Crippen LogP contribution in [0.5, 0.6) is 0 Å². The Morgan fingerprint density at radius 3 is 2.86 bits per heavy atom. The fourth-order valence-corrected chi connectivity index (χ4v) is 4.02. The number of allylic oxidation sites excluding steroid dienone is 1. The van der Waals surface area contributed by atoms with E-state index < -0.39 is 0 Å². The number of hydrogen-bond donors (Lipinski definition) is 0. The summed E-state index contributed by atoms with van der Waals surface area (Å²) in [6, 6.07) is 0. The molecule has 0 N–H and O–H groups in total. The molecule has 3 aliphatic rings. The van der Waals surface area contributed by atoms with E-state index in [4.69, 9.17) is 9.47 Å². The summed E-state index contributed by atoms with van der Waals surface area (Å²) in [5.74, 6) is 0.917. The molecule has 0 spiro atoms. The number of cyclic esters (lactones) is 1. The summed E-state index contributed by atoms with van der Waals surface area (Å²) in [6.07, 6.45) is 15.2. The van der Waals surface area contributed by atoms with Gasteiger partial charge in [0.1, 0.15) is 6.10 Å². The minimum absolute atomic E-state index is 0.00290. The first-order valence-electron chi connectivity index (χ1n) is 8.81. The molecule has 21 heavy (non-hydrogen) atoms. The first kappa shape index (κ1) is 15.1. The highest BCUT2D eigenvalue weighted by Crippen LogP contribution is 2.49. The predicted octanol–water partition coefficient (Wildman–Crippen LogP) is 4.01. The third kappa shape index (κ3) is 3.68. The fraction of sp³-hybridized carbons (Fsp3) is 0.833. The molecule has 5 atom stereocenters. The molecule has 3 nitrogen and oxygen atoms in total. The van der Waals surface area contributed by atoms with E-state index in [1.165, 1.54) is 25.7 Å². The Kier molecular flexibility index (Phi) is 4.99. The zero-order valence-electron chi connectivity index (χ0n) is 13.1. The molecule has 3 heteroatoms. The van der Waals surface area contributed by atoms with Crippen molar-refractivity contribution in [3.8, 4) is 0 Å². The van der Waals surface area contributed by atoms with E-state index in [0.29, 0.717) is 30.5 Å². The van der Waals surface area contributed by atoms with Crippen molar-refractivity contribution in [1.29, 1.82) is 0 Å². The van der Waals surface area contributed by atoms with Gasteiger partial charge in [-0.3, -0.25) is 4.79 Å². The summed E-state index contributed by atoms with van der Waals surface area (Å²) < 4.78 is 11.5. The van der Waals surface area contributed by atoms with Crippen molar-refractivity contribution in [3.05, 3.63) is 12.2 Å². The zero-order chi connectivity index (χ0) is 14.7. The molecule has 0 aromatic rings. The van der Waals surface area contributed by atoms with Gasteiger partial charge in [0.25, 0.3) is 0 Å². The first-order valence-corrected chi connectivity index (χ1v) is 8.81. The van der Waals surface area contributed by atoms with Crippen LogP contribution in [0.2, 0.25) is 0 Å². The number of carbonyl (C=O) groups excluding carboxylic acids is 1. The van der Waals surface area contributed by atoms with Crippen molar-refractivity contribution in [2.24, 2.45) is 11.8 Å². The number of hydrogen-bond acceptors (Lipinski definition) is 3. The summed E-state index contributed by atoms with van der Waals surface area (Å²) in [7, 11) is 0. The molecular weight excluding hydrogens is 264 g/mol. The Morgan fingerprint density at radius 2 is 2.00 bits per heavy atom. The van der Waals surface area contributed by atoms with Gasteiger partial charge >= 0.3 is 5.97 Å². The molecule has 0 amide bonds. The lowest BCUT2D eigenvalue weighted by Crippen LogP contribution is -2.31. The van der Waals surface area contributed by atoms with E-state index in [2.05, 4.69) is 19.1 Å². The first-order chi connectivity index (χ1) is 10.3. The van der Waals surface area contributed by atoms with Gasteiger partial charge in [-0.25, -0.2) is 0 Å². The van der Waals surface area contributed by atoms with Crippen LogP contribution < -0.4 is 0 Å². The van der Waals surface area contributed by atoms with Gasteiger partial charge in [-0.2, -0.15) is 0 Å². The van der Waals surface area contributed by atoms with E-state index in [-0.39, 0.29) is 12.1 Å². The smallest absolute Gasteiger partial charge is 0.306 e. The quantitative estimate of drug-likeness (QED) is 0.416. The third-order valence-corrected chi connectivity index (χ3v) is 5.27. The van der Waals surface area contributed by atoms with Gasteiger partial charge in [0.2, 0.25) is 0 Å². The molecule has 2 aliphatic heterocycles. The van der Waals surface area contributed by atoms with Crippen LogP contribution in [-0.2, 0) is 14.3 Å². The van der Waals surface area contributed by atoms with Crippen molar-refractivity contribution in [2.45, 2.75) is 83.0 Å². The average Bonchev–Trinajstić information content (AvgIpc) is 3.16. The van der Waals surface area contributed by atoms with Crippen molar-refractivity contribution in [1.82, 2.24) is 0 Å². The van der Waals surface area contributed by atoms with E-state index in [9.17, 15) is 4.79 Å². The second-order valence-corrected chi connectivity index (χ2v) is 6.79. The maximum atomic E-state index is 12.0. The van der Waals surface area contributed by atoms with Crippen LogP contribution in [0, 0.1) is 11.8 Å². The summed E-state index contributed by atoms with van der Waals surface area (Å²) in [4.78, 5) is 12.0. The normalized spacial score (nSPS) is 40.8. The van der Waals surface area contributed by atoms with Gasteiger partial charge in [0, 0.05) is 18.3 Å². The molecule has 3 rings (SSSR count). The highest BCUT2D eigenvalue weighted by molar-refractivity contribution is 5.69. The molecule has 5 unspecified atom stereocenters. The average molecular weight is 292 g/mol. The maximum Gasteiger partial charge on any atom is 0.306 e. The Hall–Kier alpha value is -0.830. The Labute approximate surface area is 128 Å². The molecule has 118 valence electrons. The highest BCUT2D eigenvalue weighted by Gasteiger charge is 2.56. The fourth-order valence-electron chi connectivity index (χ4n) is 4.02. The van der Waals surface area contributed by atoms with E-state index in [1.807, 2.05) is 0 Å². The van der Waals surface area contributed by atoms with E-state index >= 15 is 0 Å².